The Hall–Kier alpha value is -4.13. The monoisotopic (exact) mass is 413 g/mol. The summed E-state index contributed by atoms with van der Waals surface area (Å²) in [6.07, 6.45) is 3.52. The van der Waals surface area contributed by atoms with Crippen LogP contribution < -0.4 is 5.32 Å². The van der Waals surface area contributed by atoms with Gasteiger partial charge in [-0.25, -0.2) is 14.4 Å². The van der Waals surface area contributed by atoms with E-state index in [-0.39, 0.29) is 11.6 Å². The summed E-state index contributed by atoms with van der Waals surface area (Å²) in [5.41, 5.74) is 5.65. The summed E-state index contributed by atoms with van der Waals surface area (Å²) >= 11 is 0. The molecule has 0 aliphatic heterocycles. The van der Waals surface area contributed by atoms with Gasteiger partial charge in [0.1, 0.15) is 22.9 Å². The molecule has 2 N–H and O–H groups in total. The van der Waals surface area contributed by atoms with Gasteiger partial charge in [0.25, 0.3) is 0 Å². The summed E-state index contributed by atoms with van der Waals surface area (Å²) in [5.74, 6) is 0.611. The van der Waals surface area contributed by atoms with Crippen molar-refractivity contribution < 1.29 is 9.50 Å². The first-order valence-corrected chi connectivity index (χ1v) is 9.82. The molecule has 0 aliphatic rings. The van der Waals surface area contributed by atoms with Crippen LogP contribution in [0.25, 0.3) is 28.1 Å². The number of fused-ring (bicyclic) bond motifs is 1. The number of anilines is 2. The molecule has 5 aromatic rings. The first-order valence-electron chi connectivity index (χ1n) is 9.82. The van der Waals surface area contributed by atoms with Gasteiger partial charge in [-0.1, -0.05) is 6.07 Å². The van der Waals surface area contributed by atoms with Gasteiger partial charge in [-0.3, -0.25) is 0 Å². The van der Waals surface area contributed by atoms with E-state index < -0.39 is 0 Å². The lowest BCUT2D eigenvalue weighted by Crippen LogP contribution is -1.95. The Morgan fingerprint density at radius 1 is 1.03 bits per heavy atom. The highest BCUT2D eigenvalue weighted by Gasteiger charge is 2.14. The molecular formula is C24H20FN5O. The minimum Gasteiger partial charge on any atom is -0.506 e. The standard InChI is InChI=1S/C24H20FN5O/c1-15-13-30(14-26-15)20-11-10-18(12-22(20)31)27-19-4-3-5-21-23(19)28-24(29(21)2)16-6-8-17(25)9-7-16/h3-14,27,31H,1-2H3. The third-order valence-electron chi connectivity index (χ3n) is 5.26. The van der Waals surface area contributed by atoms with E-state index in [0.717, 1.165) is 39.5 Å². The fourth-order valence-corrected chi connectivity index (χ4v) is 3.70. The van der Waals surface area contributed by atoms with Crippen LogP contribution >= 0.6 is 0 Å². The zero-order chi connectivity index (χ0) is 21.5. The average molecular weight is 413 g/mol. The Morgan fingerprint density at radius 2 is 1.84 bits per heavy atom. The van der Waals surface area contributed by atoms with Gasteiger partial charge in [0.2, 0.25) is 0 Å². The number of aromatic nitrogens is 4. The van der Waals surface area contributed by atoms with E-state index in [1.165, 1.54) is 12.1 Å². The second-order valence-corrected chi connectivity index (χ2v) is 7.43. The average Bonchev–Trinajstić information content (AvgIpc) is 3.33. The topological polar surface area (TPSA) is 67.9 Å². The van der Waals surface area contributed by atoms with Crippen molar-refractivity contribution in [3.8, 4) is 22.8 Å². The van der Waals surface area contributed by atoms with Crippen molar-refractivity contribution in [3.63, 3.8) is 0 Å². The van der Waals surface area contributed by atoms with E-state index in [9.17, 15) is 9.50 Å². The number of aryl methyl sites for hydroxylation is 2. The van der Waals surface area contributed by atoms with Crippen LogP contribution in [0.5, 0.6) is 5.75 Å². The van der Waals surface area contributed by atoms with Crippen LogP contribution in [0, 0.1) is 12.7 Å². The SMILES string of the molecule is Cc1cn(-c2ccc(Nc3cccc4c3nc(-c3ccc(F)cc3)n4C)cc2O)cn1. The molecule has 31 heavy (non-hydrogen) atoms. The van der Waals surface area contributed by atoms with E-state index in [1.54, 1.807) is 29.1 Å². The molecule has 2 heterocycles. The fraction of sp³-hybridized carbons (Fsp3) is 0.0833. The number of hydrogen-bond donors (Lipinski definition) is 2. The molecule has 0 saturated carbocycles. The largest absolute Gasteiger partial charge is 0.506 e. The molecule has 0 amide bonds. The first-order chi connectivity index (χ1) is 15.0. The maximum Gasteiger partial charge on any atom is 0.141 e. The van der Waals surface area contributed by atoms with Crippen molar-refractivity contribution in [1.29, 1.82) is 0 Å². The van der Waals surface area contributed by atoms with E-state index in [0.29, 0.717) is 5.69 Å². The molecule has 0 radical (unpaired) electrons. The summed E-state index contributed by atoms with van der Waals surface area (Å²) in [5, 5.41) is 13.9. The lowest BCUT2D eigenvalue weighted by atomic mass is 10.2. The third-order valence-corrected chi connectivity index (χ3v) is 5.26. The number of nitrogens with zero attached hydrogens (tertiary/aromatic N) is 4. The van der Waals surface area contributed by atoms with Gasteiger partial charge in [-0.05, 0) is 55.5 Å². The highest BCUT2D eigenvalue weighted by Crippen LogP contribution is 2.32. The summed E-state index contributed by atoms with van der Waals surface area (Å²) in [6.45, 7) is 1.90. The Bertz CT molecular complexity index is 1400. The van der Waals surface area contributed by atoms with Crippen molar-refractivity contribution in [2.45, 2.75) is 6.92 Å². The number of phenols is 1. The zero-order valence-electron chi connectivity index (χ0n) is 17.0. The predicted molar refractivity (Wildman–Crippen MR) is 119 cm³/mol. The predicted octanol–water partition coefficient (Wildman–Crippen LogP) is 5.32. The van der Waals surface area contributed by atoms with Crippen LogP contribution in [-0.2, 0) is 7.05 Å². The van der Waals surface area contributed by atoms with Gasteiger partial charge >= 0.3 is 0 Å². The van der Waals surface area contributed by atoms with E-state index >= 15 is 0 Å². The molecule has 5 rings (SSSR count). The van der Waals surface area contributed by atoms with Crippen LogP contribution in [0.3, 0.4) is 0 Å². The first kappa shape index (κ1) is 18.9. The number of hydrogen-bond acceptors (Lipinski definition) is 4. The maximum atomic E-state index is 13.3. The van der Waals surface area contributed by atoms with Crippen molar-refractivity contribution in [3.05, 3.63) is 84.7 Å². The number of aromatic hydroxyl groups is 1. The smallest absolute Gasteiger partial charge is 0.141 e. The van der Waals surface area contributed by atoms with Crippen molar-refractivity contribution >= 4 is 22.4 Å². The Labute approximate surface area is 178 Å². The Balaban J connectivity index is 1.51. The van der Waals surface area contributed by atoms with Crippen LogP contribution in [0.15, 0.2) is 73.2 Å². The van der Waals surface area contributed by atoms with Gasteiger partial charge in [-0.15, -0.1) is 0 Å². The molecule has 0 unspecified atom stereocenters. The fourth-order valence-electron chi connectivity index (χ4n) is 3.70. The minimum atomic E-state index is -0.279. The van der Waals surface area contributed by atoms with Gasteiger partial charge in [0.05, 0.1) is 28.9 Å². The molecular weight excluding hydrogens is 393 g/mol. The highest BCUT2D eigenvalue weighted by atomic mass is 19.1. The third kappa shape index (κ3) is 3.40. The van der Waals surface area contributed by atoms with E-state index in [4.69, 9.17) is 4.98 Å². The van der Waals surface area contributed by atoms with E-state index in [1.807, 2.05) is 55.1 Å². The van der Waals surface area contributed by atoms with Gasteiger partial charge in [0.15, 0.2) is 0 Å². The molecule has 0 fully saturated rings. The number of benzene rings is 3. The number of para-hydroxylation sites is 1. The summed E-state index contributed by atoms with van der Waals surface area (Å²) in [6, 6.07) is 17.6. The molecule has 0 saturated heterocycles. The molecule has 0 atom stereocenters. The van der Waals surface area contributed by atoms with Crippen molar-refractivity contribution in [2.24, 2.45) is 7.05 Å². The highest BCUT2D eigenvalue weighted by molar-refractivity contribution is 5.93. The molecule has 6 nitrogen and oxygen atoms in total. The second-order valence-electron chi connectivity index (χ2n) is 7.43. The summed E-state index contributed by atoms with van der Waals surface area (Å²) in [4.78, 5) is 9.01. The van der Waals surface area contributed by atoms with Crippen LogP contribution in [0.2, 0.25) is 0 Å². The van der Waals surface area contributed by atoms with Crippen LogP contribution in [0.4, 0.5) is 15.8 Å². The van der Waals surface area contributed by atoms with Crippen molar-refractivity contribution in [1.82, 2.24) is 19.1 Å². The van der Waals surface area contributed by atoms with Gasteiger partial charge in [0, 0.05) is 30.6 Å². The van der Waals surface area contributed by atoms with E-state index in [2.05, 4.69) is 10.3 Å². The van der Waals surface area contributed by atoms with Gasteiger partial charge < -0.3 is 19.6 Å². The second kappa shape index (κ2) is 7.28. The molecule has 2 aromatic heterocycles. The number of nitrogens with one attached hydrogen (secondary N) is 1. The lowest BCUT2D eigenvalue weighted by molar-refractivity contribution is 0.472. The molecule has 0 bridgehead atoms. The van der Waals surface area contributed by atoms with Gasteiger partial charge in [-0.2, -0.15) is 0 Å². The maximum absolute atomic E-state index is 13.3. The zero-order valence-corrected chi connectivity index (χ0v) is 17.0. The van der Waals surface area contributed by atoms with Crippen LogP contribution in [0.1, 0.15) is 5.69 Å². The number of halogens is 1. The number of imidazole rings is 2. The molecule has 154 valence electrons. The van der Waals surface area contributed by atoms with Crippen LogP contribution in [-0.4, -0.2) is 24.2 Å². The minimum absolute atomic E-state index is 0.141. The lowest BCUT2D eigenvalue weighted by Gasteiger charge is -2.11. The molecule has 3 aromatic carbocycles. The normalized spacial score (nSPS) is 11.2. The van der Waals surface area contributed by atoms with Crippen molar-refractivity contribution in [2.75, 3.05) is 5.32 Å². The summed E-state index contributed by atoms with van der Waals surface area (Å²) < 4.78 is 17.1. The molecule has 0 aliphatic carbocycles. The Kier molecular flexibility index (Phi) is 4.43. The number of phenolic OH excluding ortho intramolecular Hbond substituents is 1. The molecule has 7 heteroatoms. The molecule has 0 spiro atoms. The Morgan fingerprint density at radius 3 is 2.55 bits per heavy atom. The number of rotatable bonds is 4. The summed E-state index contributed by atoms with van der Waals surface area (Å²) in [7, 11) is 1.94. The quantitative estimate of drug-likeness (QED) is 0.418.